The van der Waals surface area contributed by atoms with Gasteiger partial charge in [-0.15, -0.1) is 0 Å². The summed E-state index contributed by atoms with van der Waals surface area (Å²) in [6, 6.07) is 0. The molecule has 7 aliphatic carbocycles. The zero-order chi connectivity index (χ0) is 29.0. The molecule has 2 aliphatic heterocycles. The highest BCUT2D eigenvalue weighted by Gasteiger charge is 2.50. The quantitative estimate of drug-likeness (QED) is 0.328. The molecule has 7 unspecified atom stereocenters. The molecule has 0 aromatic carbocycles. The van der Waals surface area contributed by atoms with Crippen LogP contribution in [0.25, 0.3) is 0 Å². The number of fused-ring (bicyclic) bond motifs is 5. The summed E-state index contributed by atoms with van der Waals surface area (Å²) < 4.78 is 14.2. The van der Waals surface area contributed by atoms with Crippen molar-refractivity contribution in [3.8, 4) is 0 Å². The zero-order valence-electron chi connectivity index (χ0n) is 26.1. The topological polar surface area (TPSA) is 18.5 Å². The Kier molecular flexibility index (Phi) is 6.94. The first kappa shape index (κ1) is 27.1. The van der Waals surface area contributed by atoms with Gasteiger partial charge in [-0.2, -0.15) is 0 Å². The van der Waals surface area contributed by atoms with E-state index >= 15 is 0 Å². The molecule has 2 nitrogen and oxygen atoms in total. The molecular weight excluding hydrogens is 536 g/mol. The monoisotopic (exact) mass is 582 g/mol. The third-order valence-electron chi connectivity index (χ3n) is 12.2. The van der Waals surface area contributed by atoms with Crippen LogP contribution in [0.3, 0.4) is 0 Å². The van der Waals surface area contributed by atoms with Crippen LogP contribution in [-0.4, -0.2) is 12.2 Å². The summed E-state index contributed by atoms with van der Waals surface area (Å²) in [5.41, 5.74) is 10.6. The van der Waals surface area contributed by atoms with E-state index in [1.54, 1.807) is 16.7 Å². The van der Waals surface area contributed by atoms with Gasteiger partial charge in [0.05, 0.1) is 0 Å². The van der Waals surface area contributed by atoms with E-state index < -0.39 is 0 Å². The van der Waals surface area contributed by atoms with Gasteiger partial charge in [-0.1, -0.05) is 79.0 Å². The second kappa shape index (κ2) is 11.3. The maximum atomic E-state index is 7.11. The molecule has 7 atom stereocenters. The molecule has 0 radical (unpaired) electrons. The molecule has 0 N–H and O–H groups in total. The third-order valence-corrected chi connectivity index (χ3v) is 12.2. The van der Waals surface area contributed by atoms with Crippen molar-refractivity contribution < 1.29 is 9.47 Å². The fourth-order valence-electron chi connectivity index (χ4n) is 9.96. The van der Waals surface area contributed by atoms with E-state index in [9.17, 15) is 0 Å². The highest BCUT2D eigenvalue weighted by Crippen LogP contribution is 2.56. The number of rotatable bonds is 4. The van der Waals surface area contributed by atoms with Crippen molar-refractivity contribution in [1.29, 1.82) is 0 Å². The second-order valence-electron chi connectivity index (χ2n) is 14.5. The summed E-state index contributed by atoms with van der Waals surface area (Å²) >= 11 is 0. The third kappa shape index (κ3) is 4.58. The summed E-state index contributed by atoms with van der Waals surface area (Å²) in [5, 5.41) is 0. The Labute approximate surface area is 263 Å². The van der Waals surface area contributed by atoms with E-state index in [1.807, 2.05) is 0 Å². The van der Waals surface area contributed by atoms with Crippen LogP contribution in [0.4, 0.5) is 0 Å². The van der Waals surface area contributed by atoms with Gasteiger partial charge in [-0.05, 0) is 140 Å². The Hall–Kier alpha value is -3.26. The summed E-state index contributed by atoms with van der Waals surface area (Å²) in [6.07, 6.45) is 46.9. The molecule has 9 aliphatic rings. The minimum atomic E-state index is 0.137. The van der Waals surface area contributed by atoms with Gasteiger partial charge in [0.25, 0.3) is 0 Å². The van der Waals surface area contributed by atoms with Crippen LogP contribution in [0.5, 0.6) is 0 Å². The minimum absolute atomic E-state index is 0.137. The average Bonchev–Trinajstić information content (AvgIpc) is 3.68. The molecule has 9 rings (SSSR count). The van der Waals surface area contributed by atoms with E-state index in [1.165, 1.54) is 80.1 Å². The highest BCUT2D eigenvalue weighted by molar-refractivity contribution is 5.52. The molecule has 2 heteroatoms. The maximum Gasteiger partial charge on any atom is 0.162 e. The molecule has 0 aromatic heterocycles. The molecule has 0 saturated heterocycles. The summed E-state index contributed by atoms with van der Waals surface area (Å²) in [6.45, 7) is 0. The first-order valence-corrected chi connectivity index (χ1v) is 17.8. The molecule has 0 fully saturated rings. The number of allylic oxidation sites excluding steroid dienone is 14. The van der Waals surface area contributed by atoms with E-state index in [-0.39, 0.29) is 12.2 Å². The lowest BCUT2D eigenvalue weighted by Gasteiger charge is -2.34. The van der Waals surface area contributed by atoms with Crippen LogP contribution in [0.15, 0.2) is 130 Å². The highest BCUT2D eigenvalue weighted by atomic mass is 16.5. The molecule has 0 saturated carbocycles. The van der Waals surface area contributed by atoms with Gasteiger partial charge >= 0.3 is 0 Å². The fourth-order valence-corrected chi connectivity index (χ4v) is 9.96. The molecule has 0 spiro atoms. The Morgan fingerprint density at radius 2 is 1.52 bits per heavy atom. The largest absolute Gasteiger partial charge is 0.481 e. The molecule has 2 heterocycles. The van der Waals surface area contributed by atoms with Crippen LogP contribution in [0.2, 0.25) is 0 Å². The summed E-state index contributed by atoms with van der Waals surface area (Å²) in [4.78, 5) is 0. The zero-order valence-corrected chi connectivity index (χ0v) is 26.1. The van der Waals surface area contributed by atoms with Gasteiger partial charge in [0, 0.05) is 11.8 Å². The second-order valence-corrected chi connectivity index (χ2v) is 14.5. The lowest BCUT2D eigenvalue weighted by atomic mass is 9.71. The van der Waals surface area contributed by atoms with Gasteiger partial charge in [0.15, 0.2) is 11.5 Å². The average molecular weight is 583 g/mol. The van der Waals surface area contributed by atoms with Crippen LogP contribution < -0.4 is 0 Å². The van der Waals surface area contributed by atoms with Gasteiger partial charge < -0.3 is 9.47 Å². The number of ether oxygens (including phenoxy) is 2. The van der Waals surface area contributed by atoms with Crippen LogP contribution in [-0.2, 0) is 9.47 Å². The molecule has 0 aromatic rings. The van der Waals surface area contributed by atoms with Gasteiger partial charge in [-0.3, -0.25) is 0 Å². The first-order chi connectivity index (χ1) is 21.8. The smallest absolute Gasteiger partial charge is 0.162 e. The van der Waals surface area contributed by atoms with E-state index in [0.29, 0.717) is 23.7 Å². The summed E-state index contributed by atoms with van der Waals surface area (Å²) in [5.74, 6) is 5.11. The Balaban J connectivity index is 0.936. The van der Waals surface area contributed by atoms with E-state index in [0.717, 1.165) is 43.1 Å². The van der Waals surface area contributed by atoms with Crippen molar-refractivity contribution in [3.05, 3.63) is 130 Å². The number of hydrogen-bond acceptors (Lipinski definition) is 2. The van der Waals surface area contributed by atoms with Crippen molar-refractivity contribution in [2.45, 2.75) is 95.7 Å². The minimum Gasteiger partial charge on any atom is -0.481 e. The first-order valence-electron chi connectivity index (χ1n) is 17.8. The molecule has 226 valence electrons. The summed E-state index contributed by atoms with van der Waals surface area (Å²) in [7, 11) is 0. The van der Waals surface area contributed by atoms with Crippen LogP contribution in [0, 0.1) is 29.6 Å². The Bertz CT molecular complexity index is 1570. The van der Waals surface area contributed by atoms with Crippen molar-refractivity contribution in [2.75, 3.05) is 0 Å². The van der Waals surface area contributed by atoms with Crippen LogP contribution in [0.1, 0.15) is 83.5 Å². The normalized spacial score (nSPS) is 37.1. The van der Waals surface area contributed by atoms with Gasteiger partial charge in [0.2, 0.25) is 0 Å². The Morgan fingerprint density at radius 1 is 0.659 bits per heavy atom. The Morgan fingerprint density at radius 3 is 2.43 bits per heavy atom. The molecular formula is C42H46O2. The van der Waals surface area contributed by atoms with Crippen molar-refractivity contribution in [1.82, 2.24) is 0 Å². The van der Waals surface area contributed by atoms with Crippen molar-refractivity contribution >= 4 is 0 Å². The number of hydrogen-bond donors (Lipinski definition) is 0. The standard InChI is InChI=1S/C42H46O2/c1-3-11-27(12-4-1)29-15-7-17-31(25-29)33-19-9-21-35-37-23-24-38-36-22-10-20-34(40(36)44-42(38)41(37)43-39(33)35)32-18-8-16-30(26-32)28-13-5-2-6-14-28/h1,3-5,10-11,13-14,16-17,19-20,22,27,29,32,35-36,39-40H,2,6-9,12,15,18,21,23-26H2. The van der Waals surface area contributed by atoms with E-state index in [2.05, 4.69) is 79.0 Å². The lowest BCUT2D eigenvalue weighted by molar-refractivity contribution is 0.0940. The maximum absolute atomic E-state index is 7.11. The van der Waals surface area contributed by atoms with Crippen LogP contribution >= 0.6 is 0 Å². The van der Waals surface area contributed by atoms with E-state index in [4.69, 9.17) is 9.47 Å². The molecule has 44 heavy (non-hydrogen) atoms. The molecule has 0 amide bonds. The van der Waals surface area contributed by atoms with Crippen molar-refractivity contribution in [2.24, 2.45) is 29.6 Å². The lowest BCUT2D eigenvalue weighted by Crippen LogP contribution is -2.28. The fraction of sp³-hybridized carbons (Fsp3) is 0.476. The predicted octanol–water partition coefficient (Wildman–Crippen LogP) is 10.4. The van der Waals surface area contributed by atoms with Gasteiger partial charge in [-0.25, -0.2) is 0 Å². The van der Waals surface area contributed by atoms with Crippen molar-refractivity contribution in [3.63, 3.8) is 0 Å². The SMILES string of the molecule is C1=CCC(C2CCC=C(C3=CCCC4C5=C(OC34)C3=C(CC5)C4C=CC=C(C5CCC=C(C6=CCCC=C6)C5)C4O3)C2)C=C1. The van der Waals surface area contributed by atoms with Gasteiger partial charge in [0.1, 0.15) is 12.2 Å². The molecule has 0 bridgehead atoms. The predicted molar refractivity (Wildman–Crippen MR) is 178 cm³/mol.